The van der Waals surface area contributed by atoms with Gasteiger partial charge in [-0.25, -0.2) is 5.06 Å². The van der Waals surface area contributed by atoms with Crippen LogP contribution >= 0.6 is 11.6 Å². The molecule has 0 saturated heterocycles. The molecule has 0 radical (unpaired) electrons. The van der Waals surface area contributed by atoms with Gasteiger partial charge in [-0.3, -0.25) is 5.21 Å². The average molecular weight is 262 g/mol. The van der Waals surface area contributed by atoms with Crippen molar-refractivity contribution >= 4 is 17.3 Å². The number of benzene rings is 2. The minimum atomic E-state index is -0.284. The molecule has 0 aromatic heterocycles. The van der Waals surface area contributed by atoms with Gasteiger partial charge >= 0.3 is 0 Å². The summed E-state index contributed by atoms with van der Waals surface area (Å²) in [4.78, 5) is 0. The van der Waals surface area contributed by atoms with Gasteiger partial charge in [0.2, 0.25) is 0 Å². The van der Waals surface area contributed by atoms with Gasteiger partial charge in [0.05, 0.1) is 0 Å². The second-order valence-corrected chi connectivity index (χ2v) is 4.57. The van der Waals surface area contributed by atoms with Crippen LogP contribution in [0.2, 0.25) is 5.02 Å². The highest BCUT2D eigenvalue weighted by Crippen LogP contribution is 2.39. The summed E-state index contributed by atoms with van der Waals surface area (Å²) >= 11 is 6.16. The molecule has 1 unspecified atom stereocenters. The number of halogens is 1. The van der Waals surface area contributed by atoms with Crippen LogP contribution in [0, 0.1) is 0 Å². The number of fused-ring (bicyclic) bond motifs is 1. The molecule has 18 heavy (non-hydrogen) atoms. The third-order valence-corrected chi connectivity index (χ3v) is 3.41. The largest absolute Gasteiger partial charge is 0.489 e. The number of ether oxygens (including phenoxy) is 1. The van der Waals surface area contributed by atoms with E-state index < -0.39 is 0 Å². The molecule has 0 saturated carbocycles. The highest BCUT2D eigenvalue weighted by Gasteiger charge is 2.28. The van der Waals surface area contributed by atoms with Crippen molar-refractivity contribution in [2.45, 2.75) is 6.04 Å². The van der Waals surface area contributed by atoms with Crippen molar-refractivity contribution in [3.63, 3.8) is 0 Å². The van der Waals surface area contributed by atoms with E-state index in [0.717, 1.165) is 5.56 Å². The van der Waals surface area contributed by atoms with Crippen molar-refractivity contribution in [2.24, 2.45) is 0 Å². The van der Waals surface area contributed by atoms with Gasteiger partial charge in [-0.05, 0) is 23.8 Å². The van der Waals surface area contributed by atoms with Crippen molar-refractivity contribution in [2.75, 3.05) is 11.7 Å². The number of anilines is 1. The summed E-state index contributed by atoms with van der Waals surface area (Å²) in [6.07, 6.45) is 0. The molecule has 1 aliphatic heterocycles. The van der Waals surface area contributed by atoms with Gasteiger partial charge in [-0.2, -0.15) is 0 Å². The maximum absolute atomic E-state index is 10.3. The SMILES string of the molecule is ON1c2ccccc2OCC1c1ccccc1Cl. The molecule has 1 atom stereocenters. The zero-order chi connectivity index (χ0) is 12.5. The lowest BCUT2D eigenvalue weighted by Gasteiger charge is -2.34. The van der Waals surface area contributed by atoms with Gasteiger partial charge in [-0.15, -0.1) is 0 Å². The summed E-state index contributed by atoms with van der Waals surface area (Å²) in [7, 11) is 0. The molecule has 3 nitrogen and oxygen atoms in total. The van der Waals surface area contributed by atoms with Gasteiger partial charge in [0, 0.05) is 5.02 Å². The van der Waals surface area contributed by atoms with Crippen molar-refractivity contribution in [1.29, 1.82) is 0 Å². The van der Waals surface area contributed by atoms with Crippen LogP contribution < -0.4 is 9.80 Å². The van der Waals surface area contributed by atoms with Crippen LogP contribution in [0.25, 0.3) is 0 Å². The zero-order valence-electron chi connectivity index (χ0n) is 9.58. The molecule has 3 rings (SSSR count). The van der Waals surface area contributed by atoms with Crippen LogP contribution in [0.4, 0.5) is 5.69 Å². The summed E-state index contributed by atoms with van der Waals surface area (Å²) in [5.74, 6) is 0.684. The Morgan fingerprint density at radius 2 is 1.83 bits per heavy atom. The Bertz CT molecular complexity index is 573. The Kier molecular flexibility index (Phi) is 2.86. The quantitative estimate of drug-likeness (QED) is 0.850. The molecule has 0 fully saturated rings. The van der Waals surface area contributed by atoms with Gasteiger partial charge < -0.3 is 4.74 Å². The zero-order valence-corrected chi connectivity index (χ0v) is 10.3. The molecule has 1 heterocycles. The average Bonchev–Trinajstić information content (AvgIpc) is 2.41. The van der Waals surface area contributed by atoms with Crippen molar-refractivity contribution in [3.8, 4) is 5.75 Å². The summed E-state index contributed by atoms with van der Waals surface area (Å²) in [6, 6.07) is 14.6. The van der Waals surface area contributed by atoms with Crippen LogP contribution in [0.5, 0.6) is 5.75 Å². The topological polar surface area (TPSA) is 32.7 Å². The highest BCUT2D eigenvalue weighted by molar-refractivity contribution is 6.31. The summed E-state index contributed by atoms with van der Waals surface area (Å²) in [6.45, 7) is 0.372. The number of rotatable bonds is 1. The Hall–Kier alpha value is -1.71. The molecule has 1 N–H and O–H groups in total. The van der Waals surface area contributed by atoms with Gasteiger partial charge in [0.1, 0.15) is 24.1 Å². The first-order valence-corrected chi connectivity index (χ1v) is 6.09. The van der Waals surface area contributed by atoms with E-state index in [9.17, 15) is 5.21 Å². The number of para-hydroxylation sites is 2. The Morgan fingerprint density at radius 3 is 2.67 bits per heavy atom. The number of hydrogen-bond acceptors (Lipinski definition) is 3. The Balaban J connectivity index is 2.00. The van der Waals surface area contributed by atoms with E-state index in [0.29, 0.717) is 23.1 Å². The summed E-state index contributed by atoms with van der Waals surface area (Å²) < 4.78 is 5.66. The molecule has 0 amide bonds. The Labute approximate surface area is 110 Å². The van der Waals surface area contributed by atoms with Crippen molar-refractivity contribution < 1.29 is 9.94 Å². The van der Waals surface area contributed by atoms with Gasteiger partial charge in [0.25, 0.3) is 0 Å². The normalized spacial score (nSPS) is 18.1. The number of nitrogens with zero attached hydrogens (tertiary/aromatic N) is 1. The van der Waals surface area contributed by atoms with Crippen molar-refractivity contribution in [3.05, 3.63) is 59.1 Å². The smallest absolute Gasteiger partial charge is 0.145 e. The van der Waals surface area contributed by atoms with E-state index in [-0.39, 0.29) is 6.04 Å². The third-order valence-electron chi connectivity index (χ3n) is 3.07. The lowest BCUT2D eigenvalue weighted by atomic mass is 10.1. The van der Waals surface area contributed by atoms with Crippen LogP contribution in [0.3, 0.4) is 0 Å². The fourth-order valence-electron chi connectivity index (χ4n) is 2.14. The van der Waals surface area contributed by atoms with Crippen LogP contribution in [-0.2, 0) is 0 Å². The van der Waals surface area contributed by atoms with Crippen LogP contribution in [-0.4, -0.2) is 11.8 Å². The maximum Gasteiger partial charge on any atom is 0.145 e. The minimum absolute atomic E-state index is 0.284. The first kappa shape index (κ1) is 11.4. The summed E-state index contributed by atoms with van der Waals surface area (Å²) in [5, 5.41) is 12.1. The monoisotopic (exact) mass is 261 g/mol. The molecule has 0 bridgehead atoms. The lowest BCUT2D eigenvalue weighted by Crippen LogP contribution is -2.34. The van der Waals surface area contributed by atoms with E-state index in [1.165, 1.54) is 5.06 Å². The van der Waals surface area contributed by atoms with Gasteiger partial charge in [0.15, 0.2) is 0 Å². The molecule has 4 heteroatoms. The van der Waals surface area contributed by atoms with E-state index >= 15 is 0 Å². The van der Waals surface area contributed by atoms with Crippen LogP contribution in [0.1, 0.15) is 11.6 Å². The predicted molar refractivity (Wildman–Crippen MR) is 70.4 cm³/mol. The molecule has 2 aromatic carbocycles. The molecule has 92 valence electrons. The van der Waals surface area contributed by atoms with E-state index in [2.05, 4.69) is 0 Å². The second kappa shape index (κ2) is 4.52. The molecule has 2 aromatic rings. The number of hydrogen-bond donors (Lipinski definition) is 1. The minimum Gasteiger partial charge on any atom is -0.489 e. The standard InChI is InChI=1S/C14H12ClNO2/c15-11-6-2-1-5-10(11)13-9-18-14-8-4-3-7-12(14)16(13)17/h1-8,13,17H,9H2. The third kappa shape index (κ3) is 1.82. The predicted octanol–water partition coefficient (Wildman–Crippen LogP) is 3.67. The molecule has 0 aliphatic carbocycles. The highest BCUT2D eigenvalue weighted by atomic mass is 35.5. The van der Waals surface area contributed by atoms with Crippen molar-refractivity contribution in [1.82, 2.24) is 0 Å². The maximum atomic E-state index is 10.3. The fourth-order valence-corrected chi connectivity index (χ4v) is 2.40. The Morgan fingerprint density at radius 1 is 1.11 bits per heavy atom. The summed E-state index contributed by atoms with van der Waals surface area (Å²) in [5.41, 5.74) is 1.52. The molecule has 1 aliphatic rings. The van der Waals surface area contributed by atoms with Gasteiger partial charge in [-0.1, -0.05) is 41.9 Å². The van der Waals surface area contributed by atoms with E-state index in [1.807, 2.05) is 48.5 Å². The van der Waals surface area contributed by atoms with E-state index in [1.54, 1.807) is 0 Å². The number of hydroxylamine groups is 1. The lowest BCUT2D eigenvalue weighted by molar-refractivity contribution is 0.148. The molecular formula is C14H12ClNO2. The first-order chi connectivity index (χ1) is 8.77. The first-order valence-electron chi connectivity index (χ1n) is 5.72. The second-order valence-electron chi connectivity index (χ2n) is 4.16. The molecule has 0 spiro atoms. The molecular weight excluding hydrogens is 250 g/mol. The van der Waals surface area contributed by atoms with Crippen LogP contribution in [0.15, 0.2) is 48.5 Å². The van der Waals surface area contributed by atoms with E-state index in [4.69, 9.17) is 16.3 Å². The fraction of sp³-hybridized carbons (Fsp3) is 0.143.